The van der Waals surface area contributed by atoms with Crippen molar-refractivity contribution < 1.29 is 4.74 Å². The zero-order chi connectivity index (χ0) is 12.1. The first-order valence-electron chi connectivity index (χ1n) is 5.93. The summed E-state index contributed by atoms with van der Waals surface area (Å²) in [4.78, 5) is 1.33. The van der Waals surface area contributed by atoms with E-state index in [0.29, 0.717) is 12.0 Å². The second-order valence-electron chi connectivity index (χ2n) is 4.28. The Balaban J connectivity index is 1.84. The molecule has 1 fully saturated rings. The number of halogens is 1. The van der Waals surface area contributed by atoms with Gasteiger partial charge in [-0.1, -0.05) is 15.9 Å². The molecule has 17 heavy (non-hydrogen) atoms. The van der Waals surface area contributed by atoms with Crippen LogP contribution in [-0.2, 0) is 4.74 Å². The van der Waals surface area contributed by atoms with E-state index in [1.54, 1.807) is 0 Å². The molecule has 0 saturated carbocycles. The first-order chi connectivity index (χ1) is 8.29. The Bertz CT molecular complexity index is 338. The average Bonchev–Trinajstić information content (AvgIpc) is 2.86. The molecule has 0 bridgehead atoms. The van der Waals surface area contributed by atoms with Crippen LogP contribution in [0.25, 0.3) is 0 Å². The van der Waals surface area contributed by atoms with E-state index < -0.39 is 0 Å². The third-order valence-corrected chi connectivity index (χ3v) is 4.81. The zero-order valence-corrected chi connectivity index (χ0v) is 12.4. The van der Waals surface area contributed by atoms with Crippen molar-refractivity contribution in [2.45, 2.75) is 17.4 Å². The van der Waals surface area contributed by atoms with Gasteiger partial charge in [0.15, 0.2) is 0 Å². The Hall–Kier alpha value is -0.0300. The van der Waals surface area contributed by atoms with Crippen LogP contribution in [-0.4, -0.2) is 32.1 Å². The maximum Gasteiger partial charge on any atom is 0.0510 e. The minimum atomic E-state index is 0.547. The molecule has 1 saturated heterocycles. The SMILES string of the molecule is CNC(CSc1ccc(Br)cc1)C1CCOC1. The minimum Gasteiger partial charge on any atom is -0.381 e. The molecule has 0 spiro atoms. The molecule has 2 unspecified atom stereocenters. The van der Waals surface area contributed by atoms with Crippen LogP contribution >= 0.6 is 27.7 Å². The van der Waals surface area contributed by atoms with Gasteiger partial charge in [-0.3, -0.25) is 0 Å². The average molecular weight is 316 g/mol. The Morgan fingerprint density at radius 2 is 2.24 bits per heavy atom. The van der Waals surface area contributed by atoms with E-state index in [-0.39, 0.29) is 0 Å². The summed E-state index contributed by atoms with van der Waals surface area (Å²) in [6.07, 6.45) is 1.19. The first kappa shape index (κ1) is 13.4. The van der Waals surface area contributed by atoms with E-state index in [1.165, 1.54) is 11.3 Å². The smallest absolute Gasteiger partial charge is 0.0510 e. The maximum atomic E-state index is 5.45. The standard InChI is InChI=1S/C13H18BrNOS/c1-15-13(10-6-7-16-8-10)9-17-12-4-2-11(14)3-5-12/h2-5,10,13,15H,6-9H2,1H3. The van der Waals surface area contributed by atoms with Crippen LogP contribution in [0.5, 0.6) is 0 Å². The van der Waals surface area contributed by atoms with Crippen LogP contribution < -0.4 is 5.32 Å². The second kappa shape index (κ2) is 6.78. The first-order valence-corrected chi connectivity index (χ1v) is 7.71. The van der Waals surface area contributed by atoms with Gasteiger partial charge in [-0.15, -0.1) is 11.8 Å². The molecular formula is C13H18BrNOS. The third-order valence-electron chi connectivity index (χ3n) is 3.15. The van der Waals surface area contributed by atoms with Crippen LogP contribution in [0.4, 0.5) is 0 Å². The van der Waals surface area contributed by atoms with Crippen molar-refractivity contribution in [1.29, 1.82) is 0 Å². The van der Waals surface area contributed by atoms with Crippen molar-refractivity contribution in [1.82, 2.24) is 5.32 Å². The van der Waals surface area contributed by atoms with Gasteiger partial charge in [0.1, 0.15) is 0 Å². The molecule has 2 atom stereocenters. The third kappa shape index (κ3) is 3.98. The largest absolute Gasteiger partial charge is 0.381 e. The van der Waals surface area contributed by atoms with E-state index >= 15 is 0 Å². The van der Waals surface area contributed by atoms with Gasteiger partial charge in [0.2, 0.25) is 0 Å². The molecule has 1 heterocycles. The Kier molecular flexibility index (Phi) is 5.35. The number of benzene rings is 1. The summed E-state index contributed by atoms with van der Waals surface area (Å²) >= 11 is 5.36. The van der Waals surface area contributed by atoms with Crippen molar-refractivity contribution in [2.75, 3.05) is 26.0 Å². The summed E-state index contributed by atoms with van der Waals surface area (Å²) < 4.78 is 6.59. The van der Waals surface area contributed by atoms with E-state index in [9.17, 15) is 0 Å². The second-order valence-corrected chi connectivity index (χ2v) is 6.29. The molecule has 1 aromatic rings. The highest BCUT2D eigenvalue weighted by Crippen LogP contribution is 2.25. The van der Waals surface area contributed by atoms with Gasteiger partial charge >= 0.3 is 0 Å². The van der Waals surface area contributed by atoms with Gasteiger partial charge in [-0.2, -0.15) is 0 Å². The Morgan fingerprint density at radius 3 is 2.82 bits per heavy atom. The van der Waals surface area contributed by atoms with Gasteiger partial charge in [0.25, 0.3) is 0 Å². The van der Waals surface area contributed by atoms with Crippen LogP contribution in [0.2, 0.25) is 0 Å². The van der Waals surface area contributed by atoms with Gasteiger partial charge in [0, 0.05) is 33.7 Å². The number of thioether (sulfide) groups is 1. The van der Waals surface area contributed by atoms with Crippen molar-refractivity contribution in [2.24, 2.45) is 5.92 Å². The molecule has 0 radical (unpaired) electrons. The minimum absolute atomic E-state index is 0.547. The molecule has 94 valence electrons. The number of rotatable bonds is 5. The van der Waals surface area contributed by atoms with E-state index in [4.69, 9.17) is 4.74 Å². The molecule has 0 aromatic heterocycles. The molecule has 0 aliphatic carbocycles. The number of hydrogen-bond acceptors (Lipinski definition) is 3. The Morgan fingerprint density at radius 1 is 1.47 bits per heavy atom. The summed E-state index contributed by atoms with van der Waals surface area (Å²) in [5.41, 5.74) is 0. The molecule has 4 heteroatoms. The fourth-order valence-corrected chi connectivity index (χ4v) is 3.45. The monoisotopic (exact) mass is 315 g/mol. The summed E-state index contributed by atoms with van der Waals surface area (Å²) in [6, 6.07) is 9.05. The number of ether oxygens (including phenoxy) is 1. The van der Waals surface area contributed by atoms with Gasteiger partial charge in [-0.05, 0) is 37.7 Å². The van der Waals surface area contributed by atoms with Crippen molar-refractivity contribution in [3.05, 3.63) is 28.7 Å². The lowest BCUT2D eigenvalue weighted by Crippen LogP contribution is -2.36. The predicted octanol–water partition coefficient (Wildman–Crippen LogP) is 3.17. The molecule has 2 nitrogen and oxygen atoms in total. The van der Waals surface area contributed by atoms with Crippen LogP contribution in [0.15, 0.2) is 33.6 Å². The highest BCUT2D eigenvalue weighted by molar-refractivity contribution is 9.10. The normalized spacial score (nSPS) is 21.6. The van der Waals surface area contributed by atoms with Crippen molar-refractivity contribution in [3.8, 4) is 0 Å². The lowest BCUT2D eigenvalue weighted by Gasteiger charge is -2.21. The lowest BCUT2D eigenvalue weighted by molar-refractivity contribution is 0.180. The summed E-state index contributed by atoms with van der Waals surface area (Å²) in [5, 5.41) is 3.42. The van der Waals surface area contributed by atoms with Gasteiger partial charge < -0.3 is 10.1 Å². The Labute approximate surface area is 116 Å². The van der Waals surface area contributed by atoms with Crippen LogP contribution in [0, 0.1) is 5.92 Å². The van der Waals surface area contributed by atoms with Gasteiger partial charge in [-0.25, -0.2) is 0 Å². The molecule has 1 N–H and O–H groups in total. The fourth-order valence-electron chi connectivity index (χ4n) is 2.04. The zero-order valence-electron chi connectivity index (χ0n) is 9.99. The molecular weight excluding hydrogens is 298 g/mol. The quantitative estimate of drug-likeness (QED) is 0.843. The maximum absolute atomic E-state index is 5.45. The lowest BCUT2D eigenvalue weighted by atomic mass is 10.0. The molecule has 1 aliphatic heterocycles. The van der Waals surface area contributed by atoms with Gasteiger partial charge in [0.05, 0.1) is 6.61 Å². The molecule has 1 aromatic carbocycles. The van der Waals surface area contributed by atoms with Crippen LogP contribution in [0.3, 0.4) is 0 Å². The van der Waals surface area contributed by atoms with E-state index in [0.717, 1.165) is 23.4 Å². The van der Waals surface area contributed by atoms with E-state index in [1.807, 2.05) is 18.8 Å². The van der Waals surface area contributed by atoms with Crippen LogP contribution in [0.1, 0.15) is 6.42 Å². The predicted molar refractivity (Wildman–Crippen MR) is 76.6 cm³/mol. The van der Waals surface area contributed by atoms with E-state index in [2.05, 4.69) is 45.5 Å². The topological polar surface area (TPSA) is 21.3 Å². The summed E-state index contributed by atoms with van der Waals surface area (Å²) in [6.45, 7) is 1.83. The highest BCUT2D eigenvalue weighted by Gasteiger charge is 2.24. The molecule has 0 amide bonds. The molecule has 1 aliphatic rings. The summed E-state index contributed by atoms with van der Waals surface area (Å²) in [5.74, 6) is 1.77. The molecule has 2 rings (SSSR count). The number of nitrogens with one attached hydrogen (secondary N) is 1. The van der Waals surface area contributed by atoms with Crippen molar-refractivity contribution in [3.63, 3.8) is 0 Å². The fraction of sp³-hybridized carbons (Fsp3) is 0.538. The highest BCUT2D eigenvalue weighted by atomic mass is 79.9. The van der Waals surface area contributed by atoms with Crippen molar-refractivity contribution >= 4 is 27.7 Å². The number of hydrogen-bond donors (Lipinski definition) is 1. The summed E-state index contributed by atoms with van der Waals surface area (Å²) in [7, 11) is 2.05.